The molecule has 0 saturated carbocycles. The molecule has 1 aliphatic rings. The summed E-state index contributed by atoms with van der Waals surface area (Å²) in [7, 11) is -3.38. The first-order chi connectivity index (χ1) is 12.6. The number of nitrogens with one attached hydrogen (secondary N) is 1. The number of rotatable bonds is 8. The highest BCUT2D eigenvalue weighted by atomic mass is 31.2. The highest BCUT2D eigenvalue weighted by molar-refractivity contribution is 7.46. The lowest BCUT2D eigenvalue weighted by Gasteiger charge is -2.29. The molecule has 0 spiro atoms. The molecule has 0 radical (unpaired) electrons. The first-order valence-corrected chi connectivity index (χ1v) is 9.99. The fourth-order valence-corrected chi connectivity index (χ4v) is 3.70. The molecular weight excluding hydrogens is 383 g/mol. The Morgan fingerprint density at radius 2 is 2.00 bits per heavy atom. The van der Waals surface area contributed by atoms with Crippen LogP contribution in [0.2, 0.25) is 0 Å². The molecule has 3 N–H and O–H groups in total. The van der Waals surface area contributed by atoms with Crippen LogP contribution in [0.1, 0.15) is 33.4 Å². The van der Waals surface area contributed by atoms with Crippen LogP contribution in [0.5, 0.6) is 0 Å². The van der Waals surface area contributed by atoms with Crippen LogP contribution in [-0.4, -0.2) is 57.0 Å². The van der Waals surface area contributed by atoms with Crippen LogP contribution >= 0.6 is 7.82 Å². The predicted octanol–water partition coefficient (Wildman–Crippen LogP) is 0.131. The second-order valence-corrected chi connectivity index (χ2v) is 7.59. The van der Waals surface area contributed by atoms with Gasteiger partial charge in [0.15, 0.2) is 6.23 Å². The Morgan fingerprint density at radius 3 is 2.48 bits per heavy atom. The fourth-order valence-electron chi connectivity index (χ4n) is 3.08. The molecule has 5 atom stereocenters. The van der Waals surface area contributed by atoms with Crippen LogP contribution in [0, 0.1) is 0 Å². The Bertz CT molecular complexity index is 786. The number of aromatic nitrogens is 2. The van der Waals surface area contributed by atoms with Gasteiger partial charge in [0.2, 0.25) is 0 Å². The second kappa shape index (κ2) is 8.78. The van der Waals surface area contributed by atoms with Crippen molar-refractivity contribution >= 4 is 7.82 Å². The molecule has 2 rings (SSSR count). The van der Waals surface area contributed by atoms with Gasteiger partial charge < -0.3 is 24.0 Å². The average Bonchev–Trinajstić information content (AvgIpc) is 2.89. The van der Waals surface area contributed by atoms with E-state index in [-0.39, 0.29) is 12.5 Å². The summed E-state index contributed by atoms with van der Waals surface area (Å²) in [6, 6.07) is 1.16. The van der Waals surface area contributed by atoms with Gasteiger partial charge in [-0.2, -0.15) is 0 Å². The summed E-state index contributed by atoms with van der Waals surface area (Å²) in [5, 5.41) is 0. The number of hydrogen-bond donors (Lipinski definition) is 3. The quantitative estimate of drug-likeness (QED) is 0.510. The summed E-state index contributed by atoms with van der Waals surface area (Å²) in [4.78, 5) is 44.0. The Morgan fingerprint density at radius 1 is 1.33 bits per heavy atom. The van der Waals surface area contributed by atoms with Gasteiger partial charge in [0.1, 0.15) is 18.3 Å². The molecule has 27 heavy (non-hydrogen) atoms. The maximum atomic E-state index is 12.2. The summed E-state index contributed by atoms with van der Waals surface area (Å²) < 4.78 is 34.6. The zero-order chi connectivity index (χ0) is 20.4. The Kier molecular flexibility index (Phi) is 7.14. The molecule has 154 valence electrons. The van der Waals surface area contributed by atoms with Gasteiger partial charge in [-0.1, -0.05) is 6.92 Å². The Hall–Kier alpha value is -1.33. The zero-order valence-corrected chi connectivity index (χ0v) is 16.4. The number of phosphoric acid groups is 1. The number of hydrogen-bond acceptors (Lipinski definition) is 7. The number of methoxy groups -OCH3 is 1. The standard InChI is InChI=1S/C15H25N2O9P/c1-5-9(26-27(20,21)22)11-12(24-8(2)3)13(23-4)14(25-11)17-7-6-10(18)16-15(17)19/h6-9,11-14H,5H2,1-4H3,(H,16,18,19)(H2,20,21,22). The van der Waals surface area contributed by atoms with Gasteiger partial charge in [-0.15, -0.1) is 0 Å². The Labute approximate surface area is 155 Å². The van der Waals surface area contributed by atoms with Crippen molar-refractivity contribution in [3.8, 4) is 0 Å². The summed E-state index contributed by atoms with van der Waals surface area (Å²) in [5.41, 5.74) is -1.27. The molecule has 1 aliphatic heterocycles. The van der Waals surface area contributed by atoms with Crippen LogP contribution in [-0.2, 0) is 23.3 Å². The van der Waals surface area contributed by atoms with E-state index >= 15 is 0 Å². The summed E-state index contributed by atoms with van der Waals surface area (Å²) >= 11 is 0. The van der Waals surface area contributed by atoms with Crippen LogP contribution in [0.15, 0.2) is 21.9 Å². The summed E-state index contributed by atoms with van der Waals surface area (Å²) in [6.07, 6.45) is -3.23. The fraction of sp³-hybridized carbons (Fsp3) is 0.733. The van der Waals surface area contributed by atoms with Crippen molar-refractivity contribution in [3.05, 3.63) is 33.1 Å². The van der Waals surface area contributed by atoms with E-state index in [9.17, 15) is 23.9 Å². The van der Waals surface area contributed by atoms with Crippen molar-refractivity contribution < 1.29 is 33.1 Å². The molecule has 0 aliphatic carbocycles. The van der Waals surface area contributed by atoms with Crippen molar-refractivity contribution in [1.82, 2.24) is 9.55 Å². The molecule has 0 amide bonds. The van der Waals surface area contributed by atoms with E-state index in [0.717, 1.165) is 10.6 Å². The third-order valence-corrected chi connectivity index (χ3v) is 4.64. The number of ether oxygens (including phenoxy) is 3. The number of phosphoric ester groups is 1. The normalized spacial score (nSPS) is 27.2. The van der Waals surface area contributed by atoms with Gasteiger partial charge in [-0.25, -0.2) is 9.36 Å². The van der Waals surface area contributed by atoms with Crippen molar-refractivity contribution in [2.45, 2.75) is 63.9 Å². The molecule has 1 aromatic rings. The van der Waals surface area contributed by atoms with Crippen molar-refractivity contribution in [2.75, 3.05) is 7.11 Å². The minimum absolute atomic E-state index is 0.220. The van der Waals surface area contributed by atoms with Gasteiger partial charge in [0, 0.05) is 19.4 Å². The Balaban J connectivity index is 2.44. The predicted molar refractivity (Wildman–Crippen MR) is 93.2 cm³/mol. The first-order valence-electron chi connectivity index (χ1n) is 8.46. The molecule has 0 aromatic carbocycles. The molecule has 12 heteroatoms. The van der Waals surface area contributed by atoms with E-state index in [4.69, 9.17) is 18.7 Å². The van der Waals surface area contributed by atoms with Gasteiger partial charge in [-0.05, 0) is 20.3 Å². The van der Waals surface area contributed by atoms with Gasteiger partial charge in [0.05, 0.1) is 12.2 Å². The van der Waals surface area contributed by atoms with Gasteiger partial charge in [0.25, 0.3) is 5.56 Å². The van der Waals surface area contributed by atoms with E-state index in [1.165, 1.54) is 13.3 Å². The third kappa shape index (κ3) is 5.35. The van der Waals surface area contributed by atoms with E-state index in [1.807, 2.05) is 0 Å². The first kappa shape index (κ1) is 22.0. The average molecular weight is 408 g/mol. The summed E-state index contributed by atoms with van der Waals surface area (Å²) in [6.45, 7) is 5.25. The highest BCUT2D eigenvalue weighted by Gasteiger charge is 2.51. The molecule has 11 nitrogen and oxygen atoms in total. The maximum absolute atomic E-state index is 12.2. The van der Waals surface area contributed by atoms with E-state index in [0.29, 0.717) is 0 Å². The summed E-state index contributed by atoms with van der Waals surface area (Å²) in [5.74, 6) is 0. The molecule has 2 heterocycles. The zero-order valence-electron chi connectivity index (χ0n) is 15.5. The van der Waals surface area contributed by atoms with Crippen LogP contribution < -0.4 is 11.2 Å². The number of H-pyrrole nitrogens is 1. The SMILES string of the molecule is CCC(OP(=O)(O)O)C1OC(n2ccc(=O)[nH]c2=O)C(OC)C1OC(C)C. The molecule has 1 aromatic heterocycles. The smallest absolute Gasteiger partial charge is 0.374 e. The van der Waals surface area contributed by atoms with Crippen LogP contribution in [0.25, 0.3) is 0 Å². The maximum Gasteiger partial charge on any atom is 0.469 e. The number of nitrogens with zero attached hydrogens (tertiary/aromatic N) is 1. The van der Waals surface area contributed by atoms with Crippen LogP contribution in [0.3, 0.4) is 0 Å². The van der Waals surface area contributed by atoms with E-state index < -0.39 is 49.7 Å². The molecule has 0 bridgehead atoms. The molecule has 1 saturated heterocycles. The van der Waals surface area contributed by atoms with Crippen molar-refractivity contribution in [1.29, 1.82) is 0 Å². The minimum atomic E-state index is -4.78. The van der Waals surface area contributed by atoms with Crippen molar-refractivity contribution in [2.24, 2.45) is 0 Å². The minimum Gasteiger partial charge on any atom is -0.374 e. The van der Waals surface area contributed by atoms with Gasteiger partial charge in [-0.3, -0.25) is 18.9 Å². The van der Waals surface area contributed by atoms with Gasteiger partial charge >= 0.3 is 13.5 Å². The van der Waals surface area contributed by atoms with Crippen LogP contribution in [0.4, 0.5) is 0 Å². The lowest BCUT2D eigenvalue weighted by Crippen LogP contribution is -2.44. The molecular formula is C15H25N2O9P. The monoisotopic (exact) mass is 408 g/mol. The number of aromatic amines is 1. The highest BCUT2D eigenvalue weighted by Crippen LogP contribution is 2.43. The van der Waals surface area contributed by atoms with E-state index in [1.54, 1.807) is 20.8 Å². The molecule has 5 unspecified atom stereocenters. The van der Waals surface area contributed by atoms with Crippen molar-refractivity contribution in [3.63, 3.8) is 0 Å². The lowest BCUT2D eigenvalue weighted by molar-refractivity contribution is -0.106. The topological polar surface area (TPSA) is 149 Å². The molecule has 1 fully saturated rings. The lowest BCUT2D eigenvalue weighted by atomic mass is 10.0. The largest absolute Gasteiger partial charge is 0.469 e. The van der Waals surface area contributed by atoms with E-state index in [2.05, 4.69) is 4.98 Å². The second-order valence-electron chi connectivity index (χ2n) is 6.40. The third-order valence-electron chi connectivity index (χ3n) is 4.09.